The Morgan fingerprint density at radius 2 is 1.82 bits per heavy atom. The van der Waals surface area contributed by atoms with E-state index in [1.165, 1.54) is 17.5 Å². The number of rotatable bonds is 5. The molecule has 0 spiro atoms. The lowest BCUT2D eigenvalue weighted by molar-refractivity contribution is 0.467. The van der Waals surface area contributed by atoms with Gasteiger partial charge in [-0.1, -0.05) is 56.1 Å². The minimum atomic E-state index is 0.640. The summed E-state index contributed by atoms with van der Waals surface area (Å²) in [7, 11) is 0. The Labute approximate surface area is 136 Å². The smallest absolute Gasteiger partial charge is 0.114 e. The van der Waals surface area contributed by atoms with Crippen molar-refractivity contribution < 1.29 is 0 Å². The fourth-order valence-electron chi connectivity index (χ4n) is 2.69. The lowest BCUT2D eigenvalue weighted by Crippen LogP contribution is -2.10. The Kier molecular flexibility index (Phi) is 4.49. The third-order valence-electron chi connectivity index (χ3n) is 4.20. The van der Waals surface area contributed by atoms with Crippen molar-refractivity contribution in [2.45, 2.75) is 33.2 Å². The molecule has 0 saturated carbocycles. The second-order valence-corrected chi connectivity index (χ2v) is 6.38. The van der Waals surface area contributed by atoms with Gasteiger partial charge in [-0.3, -0.25) is 0 Å². The van der Waals surface area contributed by atoms with Crippen molar-refractivity contribution in [3.05, 3.63) is 64.9 Å². The molecule has 1 unspecified atom stereocenters. The zero-order valence-electron chi connectivity index (χ0n) is 13.1. The molecule has 0 saturated heterocycles. The van der Waals surface area contributed by atoms with Crippen molar-refractivity contribution in [2.24, 2.45) is 5.92 Å². The number of hydrogen-bond acceptors (Lipinski definition) is 1. The average Bonchev–Trinajstić information content (AvgIpc) is 2.87. The van der Waals surface area contributed by atoms with Crippen molar-refractivity contribution in [3.63, 3.8) is 0 Å². The second kappa shape index (κ2) is 6.53. The maximum Gasteiger partial charge on any atom is 0.114 e. The molecule has 0 amide bonds. The summed E-state index contributed by atoms with van der Waals surface area (Å²) in [5.41, 5.74) is 3.55. The molecule has 3 aromatic rings. The molecule has 0 radical (unpaired) electrons. The van der Waals surface area contributed by atoms with Gasteiger partial charge in [0.1, 0.15) is 5.82 Å². The molecule has 0 aliphatic carbocycles. The van der Waals surface area contributed by atoms with E-state index in [2.05, 4.69) is 54.8 Å². The van der Waals surface area contributed by atoms with Crippen LogP contribution in [0.3, 0.4) is 0 Å². The van der Waals surface area contributed by atoms with Gasteiger partial charge in [0.25, 0.3) is 0 Å². The first kappa shape index (κ1) is 15.1. The third-order valence-corrected chi connectivity index (χ3v) is 4.45. The average molecular weight is 313 g/mol. The van der Waals surface area contributed by atoms with Crippen LogP contribution in [0.4, 0.5) is 0 Å². The molecule has 0 fully saturated rings. The zero-order valence-corrected chi connectivity index (χ0v) is 13.8. The number of nitrogens with zero attached hydrogens (tertiary/aromatic N) is 2. The maximum atomic E-state index is 5.98. The van der Waals surface area contributed by atoms with Crippen LogP contribution < -0.4 is 0 Å². The standard InChI is InChI=1S/C19H21ClN2/c1-3-14(2)13-22-18-7-5-4-6-17(18)21-19(22)12-15-8-10-16(20)11-9-15/h4-11,14H,3,12-13H2,1-2H3. The van der Waals surface area contributed by atoms with Crippen LogP contribution in [0.1, 0.15) is 31.7 Å². The molecule has 3 rings (SSSR count). The van der Waals surface area contributed by atoms with E-state index in [9.17, 15) is 0 Å². The summed E-state index contributed by atoms with van der Waals surface area (Å²) < 4.78 is 2.37. The molecule has 2 nitrogen and oxygen atoms in total. The van der Waals surface area contributed by atoms with Crippen LogP contribution in [0.25, 0.3) is 11.0 Å². The highest BCUT2D eigenvalue weighted by molar-refractivity contribution is 6.30. The Balaban J connectivity index is 1.99. The molecule has 1 aromatic heterocycles. The van der Waals surface area contributed by atoms with E-state index >= 15 is 0 Å². The van der Waals surface area contributed by atoms with Gasteiger partial charge in [-0.2, -0.15) is 0 Å². The fraction of sp³-hybridized carbons (Fsp3) is 0.316. The molecule has 0 N–H and O–H groups in total. The number of benzene rings is 2. The van der Waals surface area contributed by atoms with Gasteiger partial charge in [-0.25, -0.2) is 4.98 Å². The number of imidazole rings is 1. The molecule has 1 atom stereocenters. The van der Waals surface area contributed by atoms with Crippen molar-refractivity contribution in [1.29, 1.82) is 0 Å². The van der Waals surface area contributed by atoms with Gasteiger partial charge >= 0.3 is 0 Å². The topological polar surface area (TPSA) is 17.8 Å². The van der Waals surface area contributed by atoms with Crippen LogP contribution in [0.15, 0.2) is 48.5 Å². The SMILES string of the molecule is CCC(C)Cn1c(Cc2ccc(Cl)cc2)nc2ccccc21. The lowest BCUT2D eigenvalue weighted by Gasteiger charge is -2.14. The minimum absolute atomic E-state index is 0.640. The van der Waals surface area contributed by atoms with Crippen molar-refractivity contribution in [2.75, 3.05) is 0 Å². The van der Waals surface area contributed by atoms with Crippen LogP contribution in [0, 0.1) is 5.92 Å². The molecular weight excluding hydrogens is 292 g/mol. The zero-order chi connectivity index (χ0) is 15.5. The number of hydrogen-bond donors (Lipinski definition) is 0. The molecule has 2 aromatic carbocycles. The van der Waals surface area contributed by atoms with Gasteiger partial charge in [0.2, 0.25) is 0 Å². The Morgan fingerprint density at radius 1 is 1.09 bits per heavy atom. The van der Waals surface area contributed by atoms with E-state index in [1.54, 1.807) is 0 Å². The summed E-state index contributed by atoms with van der Waals surface area (Å²) in [6.07, 6.45) is 2.01. The van der Waals surface area contributed by atoms with Gasteiger partial charge in [0, 0.05) is 18.0 Å². The highest BCUT2D eigenvalue weighted by atomic mass is 35.5. The Bertz CT molecular complexity index is 759. The largest absolute Gasteiger partial charge is 0.327 e. The normalized spacial score (nSPS) is 12.7. The molecule has 0 aliphatic rings. The van der Waals surface area contributed by atoms with Gasteiger partial charge in [-0.05, 0) is 35.7 Å². The van der Waals surface area contributed by atoms with Crippen LogP contribution in [0.2, 0.25) is 5.02 Å². The Hall–Kier alpha value is -1.80. The maximum absolute atomic E-state index is 5.98. The number of aromatic nitrogens is 2. The predicted octanol–water partition coefficient (Wildman–Crippen LogP) is 5.33. The number of halogens is 1. The van der Waals surface area contributed by atoms with Gasteiger partial charge in [-0.15, -0.1) is 0 Å². The van der Waals surface area contributed by atoms with Crippen LogP contribution in [-0.2, 0) is 13.0 Å². The van der Waals surface area contributed by atoms with Gasteiger partial charge in [0.15, 0.2) is 0 Å². The fourth-order valence-corrected chi connectivity index (χ4v) is 2.82. The summed E-state index contributed by atoms with van der Waals surface area (Å²) >= 11 is 5.98. The van der Waals surface area contributed by atoms with Gasteiger partial charge < -0.3 is 4.57 Å². The highest BCUT2D eigenvalue weighted by Gasteiger charge is 2.13. The summed E-state index contributed by atoms with van der Waals surface area (Å²) in [5.74, 6) is 1.77. The monoisotopic (exact) mass is 312 g/mol. The molecule has 3 heteroatoms. The predicted molar refractivity (Wildman–Crippen MR) is 93.4 cm³/mol. The lowest BCUT2D eigenvalue weighted by atomic mass is 10.1. The number of para-hydroxylation sites is 2. The molecular formula is C19H21ClN2. The van der Waals surface area contributed by atoms with Crippen LogP contribution in [0.5, 0.6) is 0 Å². The quantitative estimate of drug-likeness (QED) is 0.623. The second-order valence-electron chi connectivity index (χ2n) is 5.94. The highest BCUT2D eigenvalue weighted by Crippen LogP contribution is 2.21. The summed E-state index contributed by atoms with van der Waals surface area (Å²) in [6.45, 7) is 5.55. The van der Waals surface area contributed by atoms with E-state index < -0.39 is 0 Å². The van der Waals surface area contributed by atoms with E-state index in [0.29, 0.717) is 5.92 Å². The molecule has 22 heavy (non-hydrogen) atoms. The summed E-state index contributed by atoms with van der Waals surface area (Å²) in [5, 5.41) is 0.775. The van der Waals surface area contributed by atoms with Crippen molar-refractivity contribution >= 4 is 22.6 Å². The van der Waals surface area contributed by atoms with E-state index in [4.69, 9.17) is 16.6 Å². The minimum Gasteiger partial charge on any atom is -0.327 e. The van der Waals surface area contributed by atoms with Crippen molar-refractivity contribution in [1.82, 2.24) is 9.55 Å². The van der Waals surface area contributed by atoms with E-state index in [1.807, 2.05) is 12.1 Å². The number of fused-ring (bicyclic) bond motifs is 1. The van der Waals surface area contributed by atoms with E-state index in [-0.39, 0.29) is 0 Å². The molecule has 0 aliphatic heterocycles. The van der Waals surface area contributed by atoms with Crippen LogP contribution in [-0.4, -0.2) is 9.55 Å². The van der Waals surface area contributed by atoms with E-state index in [0.717, 1.165) is 29.3 Å². The summed E-state index contributed by atoms with van der Waals surface area (Å²) in [6, 6.07) is 16.4. The van der Waals surface area contributed by atoms with Gasteiger partial charge in [0.05, 0.1) is 11.0 Å². The summed E-state index contributed by atoms with van der Waals surface area (Å²) in [4.78, 5) is 4.85. The third kappa shape index (κ3) is 3.17. The first-order valence-electron chi connectivity index (χ1n) is 7.86. The first-order chi connectivity index (χ1) is 10.7. The van der Waals surface area contributed by atoms with Crippen molar-refractivity contribution in [3.8, 4) is 0 Å². The molecule has 1 heterocycles. The first-order valence-corrected chi connectivity index (χ1v) is 8.23. The van der Waals surface area contributed by atoms with Crippen LogP contribution >= 0.6 is 11.6 Å². The molecule has 0 bridgehead atoms. The Morgan fingerprint density at radius 3 is 2.55 bits per heavy atom. The molecule has 114 valence electrons.